The van der Waals surface area contributed by atoms with Gasteiger partial charge in [-0.1, -0.05) is 150 Å². The standard InChI is InChI=1S/C48H80NO8P/c1-6-8-10-12-14-15-16-17-18-19-20-21-22-23-24-25-26-27-28-29-30-31-32-33-35-37-39-41-48(51)57-46(45-56-58(52,53)55-43-42-49(3,4)5)44-54-47(50)40-38-36-34-13-11-9-7-2/h8,10,14-15,17-18,20-21,23-24,26-27,29-30,32-33,46H,6-7,9,11-13,16,19,22,25,28,31,34-45H2,1-5H3/b10-8-,15-14-,18-17-,21-20-,24-23-,27-26-,30-29-,33-32-. The predicted molar refractivity (Wildman–Crippen MR) is 240 cm³/mol. The molecule has 0 saturated heterocycles. The second-order valence-corrected chi connectivity index (χ2v) is 16.7. The number of hydrogen-bond donors (Lipinski definition) is 0. The molecule has 0 heterocycles. The maximum Gasteiger partial charge on any atom is 0.306 e. The number of ether oxygens (including phenoxy) is 2. The number of phosphoric acid groups is 1. The number of quaternary nitrogens is 1. The van der Waals surface area contributed by atoms with Gasteiger partial charge in [-0.3, -0.25) is 14.2 Å². The zero-order chi connectivity index (χ0) is 42.8. The second kappa shape index (κ2) is 39.4. The molecule has 0 rings (SSSR count). The van der Waals surface area contributed by atoms with E-state index in [1.807, 2.05) is 21.1 Å². The molecule has 0 saturated carbocycles. The quantitative estimate of drug-likeness (QED) is 0.0199. The van der Waals surface area contributed by atoms with Crippen molar-refractivity contribution in [1.29, 1.82) is 0 Å². The van der Waals surface area contributed by atoms with Crippen molar-refractivity contribution in [3.63, 3.8) is 0 Å². The summed E-state index contributed by atoms with van der Waals surface area (Å²) in [6.07, 6.45) is 51.8. The Morgan fingerprint density at radius 1 is 0.552 bits per heavy atom. The van der Waals surface area contributed by atoms with E-state index in [1.54, 1.807) is 0 Å². The van der Waals surface area contributed by atoms with Crippen molar-refractivity contribution in [3.8, 4) is 0 Å². The van der Waals surface area contributed by atoms with Crippen LogP contribution in [0.1, 0.15) is 142 Å². The molecule has 2 unspecified atom stereocenters. The molecule has 9 nitrogen and oxygen atoms in total. The van der Waals surface area contributed by atoms with E-state index < -0.39 is 32.5 Å². The molecule has 0 fully saturated rings. The van der Waals surface area contributed by atoms with Gasteiger partial charge in [-0.15, -0.1) is 0 Å². The Hall–Kier alpha value is -3.07. The maximum atomic E-state index is 12.6. The van der Waals surface area contributed by atoms with E-state index in [0.717, 1.165) is 89.9 Å². The van der Waals surface area contributed by atoms with Crippen LogP contribution in [0.3, 0.4) is 0 Å². The molecular weight excluding hydrogens is 750 g/mol. The lowest BCUT2D eigenvalue weighted by molar-refractivity contribution is -0.870. The van der Waals surface area contributed by atoms with Crippen LogP contribution in [0.4, 0.5) is 0 Å². The van der Waals surface area contributed by atoms with E-state index in [9.17, 15) is 19.0 Å². The number of phosphoric ester groups is 1. The number of esters is 2. The lowest BCUT2D eigenvalue weighted by Crippen LogP contribution is -2.37. The minimum Gasteiger partial charge on any atom is -0.756 e. The second-order valence-electron chi connectivity index (χ2n) is 15.3. The fourth-order valence-electron chi connectivity index (χ4n) is 5.20. The normalized spacial score (nSPS) is 14.5. The minimum absolute atomic E-state index is 0.0444. The molecule has 58 heavy (non-hydrogen) atoms. The number of rotatable bonds is 38. The summed E-state index contributed by atoms with van der Waals surface area (Å²) in [6.45, 7) is 3.97. The van der Waals surface area contributed by atoms with Crippen molar-refractivity contribution in [2.75, 3.05) is 47.5 Å². The van der Waals surface area contributed by atoms with Gasteiger partial charge in [-0.05, 0) is 77.0 Å². The molecule has 0 spiro atoms. The molecule has 0 bridgehead atoms. The van der Waals surface area contributed by atoms with Gasteiger partial charge in [0.05, 0.1) is 27.7 Å². The predicted octanol–water partition coefficient (Wildman–Crippen LogP) is 11.9. The highest BCUT2D eigenvalue weighted by Gasteiger charge is 2.21. The van der Waals surface area contributed by atoms with Gasteiger partial charge >= 0.3 is 11.9 Å². The molecule has 330 valence electrons. The Labute approximate surface area is 353 Å². The molecule has 0 radical (unpaired) electrons. The van der Waals surface area contributed by atoms with Crippen LogP contribution in [0, 0.1) is 0 Å². The van der Waals surface area contributed by atoms with Crippen LogP contribution in [0.15, 0.2) is 97.2 Å². The Morgan fingerprint density at radius 3 is 1.47 bits per heavy atom. The third-order valence-corrected chi connectivity index (χ3v) is 9.58. The molecule has 0 aromatic carbocycles. The Kier molecular flexibility index (Phi) is 37.3. The third kappa shape index (κ3) is 42.5. The highest BCUT2D eigenvalue weighted by Crippen LogP contribution is 2.38. The van der Waals surface area contributed by atoms with Crippen LogP contribution < -0.4 is 4.89 Å². The Bertz CT molecular complexity index is 1300. The largest absolute Gasteiger partial charge is 0.756 e. The number of hydrogen-bond acceptors (Lipinski definition) is 8. The van der Waals surface area contributed by atoms with Gasteiger partial charge in [0.1, 0.15) is 19.8 Å². The van der Waals surface area contributed by atoms with Crippen LogP contribution in [0.25, 0.3) is 0 Å². The molecule has 0 aromatic heterocycles. The van der Waals surface area contributed by atoms with Gasteiger partial charge in [0, 0.05) is 12.8 Å². The fraction of sp³-hybridized carbons (Fsp3) is 0.625. The molecule has 0 amide bonds. The van der Waals surface area contributed by atoms with E-state index in [0.29, 0.717) is 17.4 Å². The first-order valence-corrected chi connectivity index (χ1v) is 23.4. The van der Waals surface area contributed by atoms with Crippen molar-refractivity contribution in [3.05, 3.63) is 97.2 Å². The first-order valence-electron chi connectivity index (χ1n) is 21.9. The lowest BCUT2D eigenvalue weighted by atomic mass is 10.1. The number of allylic oxidation sites excluding steroid dienone is 16. The third-order valence-electron chi connectivity index (χ3n) is 8.62. The smallest absolute Gasteiger partial charge is 0.306 e. The Morgan fingerprint density at radius 2 is 0.983 bits per heavy atom. The number of carbonyl (C=O) groups excluding carboxylic acids is 2. The lowest BCUT2D eigenvalue weighted by Gasteiger charge is -2.28. The van der Waals surface area contributed by atoms with Gasteiger partial charge in [-0.2, -0.15) is 0 Å². The molecule has 0 aliphatic carbocycles. The summed E-state index contributed by atoms with van der Waals surface area (Å²) >= 11 is 0. The first kappa shape index (κ1) is 54.9. The number of carbonyl (C=O) groups is 2. The van der Waals surface area contributed by atoms with Gasteiger partial charge in [-0.25, -0.2) is 0 Å². The van der Waals surface area contributed by atoms with Gasteiger partial charge in [0.15, 0.2) is 6.10 Å². The van der Waals surface area contributed by atoms with Crippen LogP contribution in [-0.4, -0.2) is 70.0 Å². The zero-order valence-corrected chi connectivity index (χ0v) is 37.8. The highest BCUT2D eigenvalue weighted by molar-refractivity contribution is 7.45. The van der Waals surface area contributed by atoms with E-state index in [2.05, 4.69) is 111 Å². The van der Waals surface area contributed by atoms with Crippen LogP contribution in [-0.2, 0) is 32.7 Å². The van der Waals surface area contributed by atoms with Gasteiger partial charge in [0.25, 0.3) is 7.82 Å². The number of likely N-dealkylation sites (N-methyl/N-ethyl adjacent to an activating group) is 1. The SMILES string of the molecule is CC/C=C\C/C=C\C/C=C\C/C=C\C/C=C\C/C=C\C/C=C\C/C=C\CCCCC(=O)OC(COC(=O)CCCCCCCCC)COP(=O)([O-])OCC[N+](C)(C)C. The summed E-state index contributed by atoms with van der Waals surface area (Å²) in [5, 5.41) is 0. The maximum absolute atomic E-state index is 12.6. The summed E-state index contributed by atoms with van der Waals surface area (Å²) in [7, 11) is 1.12. The van der Waals surface area contributed by atoms with Crippen molar-refractivity contribution in [1.82, 2.24) is 0 Å². The van der Waals surface area contributed by atoms with E-state index >= 15 is 0 Å². The monoisotopic (exact) mass is 830 g/mol. The minimum atomic E-state index is -4.64. The zero-order valence-electron chi connectivity index (χ0n) is 36.9. The molecule has 10 heteroatoms. The van der Waals surface area contributed by atoms with Crippen LogP contribution in [0.2, 0.25) is 0 Å². The van der Waals surface area contributed by atoms with E-state index in [-0.39, 0.29) is 26.1 Å². The number of unbranched alkanes of at least 4 members (excludes halogenated alkanes) is 8. The van der Waals surface area contributed by atoms with Crippen molar-refractivity contribution in [2.24, 2.45) is 0 Å². The topological polar surface area (TPSA) is 111 Å². The first-order chi connectivity index (χ1) is 28.0. The van der Waals surface area contributed by atoms with Crippen molar-refractivity contribution in [2.45, 2.75) is 148 Å². The average molecular weight is 830 g/mol. The van der Waals surface area contributed by atoms with Gasteiger partial charge < -0.3 is 27.9 Å². The molecule has 0 aromatic rings. The Balaban J connectivity index is 4.34. The molecule has 0 aliphatic rings. The summed E-state index contributed by atoms with van der Waals surface area (Å²) in [5.74, 6) is -0.904. The number of nitrogens with zero attached hydrogens (tertiary/aromatic N) is 1. The highest BCUT2D eigenvalue weighted by atomic mass is 31.2. The summed E-state index contributed by atoms with van der Waals surface area (Å²) in [4.78, 5) is 37.3. The summed E-state index contributed by atoms with van der Waals surface area (Å²) in [6, 6.07) is 0. The fourth-order valence-corrected chi connectivity index (χ4v) is 5.93. The summed E-state index contributed by atoms with van der Waals surface area (Å²) < 4.78 is 33.7. The molecule has 0 N–H and O–H groups in total. The van der Waals surface area contributed by atoms with Crippen molar-refractivity contribution >= 4 is 19.8 Å². The van der Waals surface area contributed by atoms with Crippen LogP contribution in [0.5, 0.6) is 0 Å². The van der Waals surface area contributed by atoms with Crippen LogP contribution >= 0.6 is 7.82 Å². The average Bonchev–Trinajstić information content (AvgIpc) is 3.17. The molecular formula is C48H80NO8P. The van der Waals surface area contributed by atoms with E-state index in [4.69, 9.17) is 18.5 Å². The van der Waals surface area contributed by atoms with E-state index in [1.165, 1.54) is 19.3 Å². The molecule has 2 atom stereocenters. The molecule has 0 aliphatic heterocycles. The van der Waals surface area contributed by atoms with Gasteiger partial charge in [0.2, 0.25) is 0 Å². The summed E-state index contributed by atoms with van der Waals surface area (Å²) in [5.41, 5.74) is 0. The van der Waals surface area contributed by atoms with Crippen molar-refractivity contribution < 1.29 is 42.1 Å².